The van der Waals surface area contributed by atoms with Gasteiger partial charge < -0.3 is 5.73 Å². The zero-order valence-corrected chi connectivity index (χ0v) is 7.68. The largest absolute Gasteiger partial charge is 0.304 e. The lowest BCUT2D eigenvalue weighted by Crippen LogP contribution is -2.60. The summed E-state index contributed by atoms with van der Waals surface area (Å²) in [6, 6.07) is 0. The first kappa shape index (κ1) is 10.8. The van der Waals surface area contributed by atoms with Crippen LogP contribution >= 0.6 is 0 Å². The van der Waals surface area contributed by atoms with Crippen LogP contribution < -0.4 is 21.7 Å². The van der Waals surface area contributed by atoms with Crippen molar-refractivity contribution < 1.29 is 0 Å². The van der Waals surface area contributed by atoms with Crippen LogP contribution in [-0.2, 0) is 0 Å². The van der Waals surface area contributed by atoms with Gasteiger partial charge in [-0.15, -0.1) is 0 Å². The van der Waals surface area contributed by atoms with E-state index in [0.29, 0.717) is 0 Å². The van der Waals surface area contributed by atoms with Crippen molar-refractivity contribution in [2.24, 2.45) is 5.73 Å². The number of rotatable bonds is 5. The average molecular weight is 161 g/mol. The highest BCUT2D eigenvalue weighted by atomic mass is 15.4. The molecule has 0 saturated heterocycles. The second-order valence-electron chi connectivity index (χ2n) is 2.59. The molecule has 0 aliphatic heterocycles. The fourth-order valence-electron chi connectivity index (χ4n) is 0.744. The Morgan fingerprint density at radius 3 is 2.00 bits per heavy atom. The highest BCUT2D eigenvalue weighted by Gasteiger charge is 2.09. The van der Waals surface area contributed by atoms with E-state index in [9.17, 15) is 0 Å². The van der Waals surface area contributed by atoms with Crippen molar-refractivity contribution in [3.05, 3.63) is 0 Å². The van der Waals surface area contributed by atoms with Crippen molar-refractivity contribution in [2.75, 3.05) is 28.2 Å². The molecule has 68 valence electrons. The highest BCUT2D eigenvalue weighted by molar-refractivity contribution is 4.61. The number of hydrogen-bond donors (Lipinski definition) is 4. The molecule has 0 bridgehead atoms. The summed E-state index contributed by atoms with van der Waals surface area (Å²) in [6.07, 6.45) is -0.0905. The topological polar surface area (TPSA) is 65.3 Å². The molecule has 0 amide bonds. The SMILES string of the molecule is CNC(N)N[C@@H](NC)N(C)C. The van der Waals surface area contributed by atoms with Gasteiger partial charge in [-0.05, 0) is 28.2 Å². The Morgan fingerprint density at radius 1 is 1.18 bits per heavy atom. The minimum Gasteiger partial charge on any atom is -0.304 e. The summed E-state index contributed by atoms with van der Waals surface area (Å²) in [7, 11) is 7.62. The van der Waals surface area contributed by atoms with E-state index >= 15 is 0 Å². The van der Waals surface area contributed by atoms with E-state index < -0.39 is 0 Å². The third kappa shape index (κ3) is 4.28. The minimum atomic E-state index is -0.185. The van der Waals surface area contributed by atoms with Crippen LogP contribution in [0.1, 0.15) is 0 Å². The Hall–Kier alpha value is -0.200. The van der Waals surface area contributed by atoms with Crippen molar-refractivity contribution in [3.8, 4) is 0 Å². The molecule has 0 aromatic rings. The van der Waals surface area contributed by atoms with E-state index in [4.69, 9.17) is 5.73 Å². The predicted octanol–water partition coefficient (Wildman–Crippen LogP) is -1.90. The standard InChI is InChI=1S/C6H19N5/c1-8-5(7)10-6(9-2)11(3)4/h5-6,8-10H,7H2,1-4H3/t5?,6-/m1/s1. The van der Waals surface area contributed by atoms with Gasteiger partial charge in [0.2, 0.25) is 0 Å². The van der Waals surface area contributed by atoms with Crippen LogP contribution in [0.3, 0.4) is 0 Å². The average Bonchev–Trinajstić information content (AvgIpc) is 1.99. The van der Waals surface area contributed by atoms with Crippen LogP contribution in [0.4, 0.5) is 0 Å². The Kier molecular flexibility index (Phi) is 5.35. The Morgan fingerprint density at radius 2 is 1.73 bits per heavy atom. The van der Waals surface area contributed by atoms with Crippen LogP contribution in [-0.4, -0.2) is 45.7 Å². The van der Waals surface area contributed by atoms with Crippen molar-refractivity contribution >= 4 is 0 Å². The van der Waals surface area contributed by atoms with Crippen LogP contribution in [0.25, 0.3) is 0 Å². The molecule has 0 aliphatic carbocycles. The summed E-state index contributed by atoms with van der Waals surface area (Å²) in [5.41, 5.74) is 5.60. The summed E-state index contributed by atoms with van der Waals surface area (Å²) < 4.78 is 0. The molecule has 5 nitrogen and oxygen atoms in total. The number of nitrogens with zero attached hydrogens (tertiary/aromatic N) is 1. The molecule has 2 atom stereocenters. The smallest absolute Gasteiger partial charge is 0.115 e. The second-order valence-corrected chi connectivity index (χ2v) is 2.59. The molecule has 11 heavy (non-hydrogen) atoms. The molecule has 0 heterocycles. The maximum atomic E-state index is 5.60. The molecule has 0 rings (SSSR count). The quantitative estimate of drug-likeness (QED) is 0.355. The first-order valence-electron chi connectivity index (χ1n) is 3.64. The van der Waals surface area contributed by atoms with Gasteiger partial charge in [-0.25, -0.2) is 0 Å². The lowest BCUT2D eigenvalue weighted by molar-refractivity contribution is 0.187. The summed E-state index contributed by atoms with van der Waals surface area (Å²) in [5, 5.41) is 9.04. The van der Waals surface area contributed by atoms with Gasteiger partial charge in [0.25, 0.3) is 0 Å². The third-order valence-electron chi connectivity index (χ3n) is 1.44. The zero-order valence-electron chi connectivity index (χ0n) is 7.68. The van der Waals surface area contributed by atoms with Gasteiger partial charge in [-0.2, -0.15) is 0 Å². The number of nitrogens with two attached hydrogens (primary N) is 1. The normalized spacial score (nSPS) is 16.9. The lowest BCUT2D eigenvalue weighted by Gasteiger charge is -2.27. The van der Waals surface area contributed by atoms with Gasteiger partial charge in [0.15, 0.2) is 0 Å². The van der Waals surface area contributed by atoms with Gasteiger partial charge in [-0.3, -0.25) is 20.9 Å². The predicted molar refractivity (Wildman–Crippen MR) is 46.7 cm³/mol. The second kappa shape index (κ2) is 5.45. The van der Waals surface area contributed by atoms with Gasteiger partial charge in [0.05, 0.1) is 0 Å². The maximum absolute atomic E-state index is 5.60. The molecular formula is C6H19N5. The maximum Gasteiger partial charge on any atom is 0.115 e. The van der Waals surface area contributed by atoms with Gasteiger partial charge in [0.1, 0.15) is 12.6 Å². The third-order valence-corrected chi connectivity index (χ3v) is 1.44. The molecule has 0 saturated carbocycles. The van der Waals surface area contributed by atoms with E-state index in [2.05, 4.69) is 16.0 Å². The van der Waals surface area contributed by atoms with Crippen LogP contribution in [0.15, 0.2) is 0 Å². The van der Waals surface area contributed by atoms with E-state index in [1.54, 1.807) is 7.05 Å². The van der Waals surface area contributed by atoms with E-state index in [0.717, 1.165) is 0 Å². The van der Waals surface area contributed by atoms with Crippen molar-refractivity contribution in [2.45, 2.75) is 12.6 Å². The van der Waals surface area contributed by atoms with Gasteiger partial charge in [-0.1, -0.05) is 0 Å². The van der Waals surface area contributed by atoms with Crippen molar-refractivity contribution in [3.63, 3.8) is 0 Å². The molecule has 0 radical (unpaired) electrons. The highest BCUT2D eigenvalue weighted by Crippen LogP contribution is 1.80. The number of hydrogen-bond acceptors (Lipinski definition) is 5. The monoisotopic (exact) mass is 161 g/mol. The Bertz CT molecular complexity index is 95.0. The van der Waals surface area contributed by atoms with Gasteiger partial charge in [0, 0.05) is 0 Å². The van der Waals surface area contributed by atoms with Gasteiger partial charge >= 0.3 is 0 Å². The molecule has 0 spiro atoms. The van der Waals surface area contributed by atoms with E-state index in [-0.39, 0.29) is 12.6 Å². The zero-order chi connectivity index (χ0) is 8.85. The first-order chi connectivity index (χ1) is 5.11. The summed E-state index contributed by atoms with van der Waals surface area (Å²) in [4.78, 5) is 2.00. The van der Waals surface area contributed by atoms with Crippen LogP contribution in [0.5, 0.6) is 0 Å². The molecular weight excluding hydrogens is 142 g/mol. The molecule has 0 aliphatic rings. The first-order valence-corrected chi connectivity index (χ1v) is 3.64. The van der Waals surface area contributed by atoms with E-state index in [1.807, 2.05) is 26.0 Å². The Balaban J connectivity index is 3.68. The molecule has 0 aromatic heterocycles. The van der Waals surface area contributed by atoms with Crippen molar-refractivity contribution in [1.82, 2.24) is 20.9 Å². The molecule has 0 aromatic carbocycles. The molecule has 1 unspecified atom stereocenters. The van der Waals surface area contributed by atoms with Crippen LogP contribution in [0.2, 0.25) is 0 Å². The molecule has 0 fully saturated rings. The van der Waals surface area contributed by atoms with Crippen LogP contribution in [0, 0.1) is 0 Å². The fraction of sp³-hybridized carbons (Fsp3) is 1.00. The molecule has 5 heteroatoms. The number of nitrogens with one attached hydrogen (secondary N) is 3. The Labute approximate surface area is 68.3 Å². The molecule has 5 N–H and O–H groups in total. The summed E-state index contributed by atoms with van der Waals surface area (Å²) in [6.45, 7) is 0. The fourth-order valence-corrected chi connectivity index (χ4v) is 0.744. The summed E-state index contributed by atoms with van der Waals surface area (Å²) >= 11 is 0. The van der Waals surface area contributed by atoms with E-state index in [1.165, 1.54) is 0 Å². The van der Waals surface area contributed by atoms with Crippen molar-refractivity contribution in [1.29, 1.82) is 0 Å². The lowest BCUT2D eigenvalue weighted by atomic mass is 10.6. The minimum absolute atomic E-state index is 0.0949. The summed E-state index contributed by atoms with van der Waals surface area (Å²) in [5.74, 6) is 0.